The highest BCUT2D eigenvalue weighted by molar-refractivity contribution is 7.80. The average Bonchev–Trinajstić information content (AvgIpc) is 2.48. The van der Waals surface area contributed by atoms with Gasteiger partial charge in [-0.1, -0.05) is 48.6 Å². The molecule has 0 spiro atoms. The largest absolute Gasteiger partial charge is 0.389 e. The highest BCUT2D eigenvalue weighted by atomic mass is 32.1. The van der Waals surface area contributed by atoms with Crippen molar-refractivity contribution in [1.82, 2.24) is 5.32 Å². The van der Waals surface area contributed by atoms with Gasteiger partial charge in [0.25, 0.3) is 0 Å². The first-order valence-corrected chi connectivity index (χ1v) is 6.86. The van der Waals surface area contributed by atoms with Crippen LogP contribution in [0.25, 0.3) is 0 Å². The van der Waals surface area contributed by atoms with E-state index in [4.69, 9.17) is 18.0 Å². The van der Waals surface area contributed by atoms with Gasteiger partial charge in [-0.05, 0) is 23.3 Å². The first-order chi connectivity index (χ1) is 10.1. The van der Waals surface area contributed by atoms with Crippen molar-refractivity contribution in [3.63, 3.8) is 0 Å². The van der Waals surface area contributed by atoms with E-state index in [0.717, 1.165) is 11.1 Å². The Morgan fingerprint density at radius 2 is 1.95 bits per heavy atom. The van der Waals surface area contributed by atoms with Gasteiger partial charge in [-0.3, -0.25) is 4.79 Å². The van der Waals surface area contributed by atoms with Crippen molar-refractivity contribution < 1.29 is 9.18 Å². The minimum atomic E-state index is -0.372. The quantitative estimate of drug-likeness (QED) is 0.833. The van der Waals surface area contributed by atoms with Crippen molar-refractivity contribution in [2.24, 2.45) is 5.73 Å². The number of nitrogens with one attached hydrogen (secondary N) is 1. The Morgan fingerprint density at radius 3 is 2.67 bits per heavy atom. The summed E-state index contributed by atoms with van der Waals surface area (Å²) in [5.41, 5.74) is 7.59. The molecule has 0 radical (unpaired) electrons. The van der Waals surface area contributed by atoms with Crippen LogP contribution in [0.3, 0.4) is 0 Å². The number of benzene rings is 2. The molecule has 108 valence electrons. The number of nitrogens with two attached hydrogens (primary N) is 1. The van der Waals surface area contributed by atoms with Crippen LogP contribution in [0.15, 0.2) is 48.5 Å². The van der Waals surface area contributed by atoms with Crippen LogP contribution in [0.5, 0.6) is 0 Å². The third kappa shape index (κ3) is 4.36. The molecule has 3 N–H and O–H groups in total. The van der Waals surface area contributed by atoms with Gasteiger partial charge in [-0.2, -0.15) is 0 Å². The molecule has 3 nitrogen and oxygen atoms in total. The molecule has 2 rings (SSSR count). The third-order valence-electron chi connectivity index (χ3n) is 3.01. The molecule has 0 fully saturated rings. The average molecular weight is 302 g/mol. The Kier molecular flexibility index (Phi) is 5.00. The zero-order valence-electron chi connectivity index (χ0n) is 11.3. The predicted octanol–water partition coefficient (Wildman–Crippen LogP) is 2.32. The van der Waals surface area contributed by atoms with Gasteiger partial charge in [0.05, 0.1) is 6.42 Å². The van der Waals surface area contributed by atoms with Crippen LogP contribution in [0.1, 0.15) is 16.7 Å². The highest BCUT2D eigenvalue weighted by Gasteiger charge is 2.07. The lowest BCUT2D eigenvalue weighted by Gasteiger charge is -2.07. The summed E-state index contributed by atoms with van der Waals surface area (Å²) in [4.78, 5) is 12.1. The van der Waals surface area contributed by atoms with E-state index in [1.807, 2.05) is 24.3 Å². The maximum atomic E-state index is 13.4. The molecule has 0 aliphatic rings. The van der Waals surface area contributed by atoms with Gasteiger partial charge in [0.1, 0.15) is 10.8 Å². The summed E-state index contributed by atoms with van der Waals surface area (Å²) in [6.07, 6.45) is 0.0155. The topological polar surface area (TPSA) is 55.1 Å². The smallest absolute Gasteiger partial charge is 0.224 e. The van der Waals surface area contributed by atoms with Crippen LogP contribution in [0.2, 0.25) is 0 Å². The second kappa shape index (κ2) is 6.95. The molecule has 0 bridgehead atoms. The summed E-state index contributed by atoms with van der Waals surface area (Å²) in [5.74, 6) is -0.607. The molecule has 0 aromatic heterocycles. The Bertz CT molecular complexity index is 673. The summed E-state index contributed by atoms with van der Waals surface area (Å²) < 4.78 is 13.4. The third-order valence-corrected chi connectivity index (χ3v) is 3.25. The lowest BCUT2D eigenvalue weighted by atomic mass is 10.1. The standard InChI is InChI=1S/C16H15FN2OS/c17-14-7-2-1-5-12(14)9-15(20)19-10-11-4-3-6-13(8-11)16(18)21/h1-8H,9-10H2,(H2,18,21)(H,19,20). The molecule has 0 aliphatic carbocycles. The molecular formula is C16H15FN2OS. The molecule has 1 amide bonds. The zero-order chi connectivity index (χ0) is 15.2. The molecule has 2 aromatic carbocycles. The minimum absolute atomic E-state index is 0.0155. The van der Waals surface area contributed by atoms with Crippen molar-refractivity contribution in [3.8, 4) is 0 Å². The molecule has 0 atom stereocenters. The molecule has 2 aromatic rings. The van der Waals surface area contributed by atoms with Crippen LogP contribution in [-0.2, 0) is 17.8 Å². The highest BCUT2D eigenvalue weighted by Crippen LogP contribution is 2.08. The number of rotatable bonds is 5. The predicted molar refractivity (Wildman–Crippen MR) is 84.3 cm³/mol. The zero-order valence-corrected chi connectivity index (χ0v) is 12.1. The molecule has 5 heteroatoms. The lowest BCUT2D eigenvalue weighted by molar-refractivity contribution is -0.120. The second-order valence-corrected chi connectivity index (χ2v) is 5.05. The number of amides is 1. The molecule has 0 saturated heterocycles. The van der Waals surface area contributed by atoms with Crippen LogP contribution >= 0.6 is 12.2 Å². The van der Waals surface area contributed by atoms with Crippen LogP contribution in [0.4, 0.5) is 4.39 Å². The molecule has 0 heterocycles. The second-order valence-electron chi connectivity index (χ2n) is 4.61. The van der Waals surface area contributed by atoms with E-state index in [2.05, 4.69) is 5.32 Å². The van der Waals surface area contributed by atoms with Crippen LogP contribution < -0.4 is 11.1 Å². The van der Waals surface area contributed by atoms with E-state index < -0.39 is 0 Å². The Labute approximate surface area is 128 Å². The van der Waals surface area contributed by atoms with Crippen molar-refractivity contribution in [2.45, 2.75) is 13.0 Å². The summed E-state index contributed by atoms with van der Waals surface area (Å²) in [6.45, 7) is 0.351. The lowest BCUT2D eigenvalue weighted by Crippen LogP contribution is -2.25. The van der Waals surface area contributed by atoms with Gasteiger partial charge in [0.2, 0.25) is 5.91 Å². The first-order valence-electron chi connectivity index (χ1n) is 6.45. The number of hydrogen-bond acceptors (Lipinski definition) is 2. The van der Waals surface area contributed by atoms with Gasteiger partial charge in [0, 0.05) is 12.1 Å². The van der Waals surface area contributed by atoms with E-state index in [1.165, 1.54) is 6.07 Å². The summed E-state index contributed by atoms with van der Waals surface area (Å²) >= 11 is 4.91. The number of thiocarbonyl (C=S) groups is 1. The molecule has 0 aliphatic heterocycles. The molecule has 0 unspecified atom stereocenters. The summed E-state index contributed by atoms with van der Waals surface area (Å²) in [7, 11) is 0. The number of halogens is 1. The van der Waals surface area contributed by atoms with Gasteiger partial charge >= 0.3 is 0 Å². The van der Waals surface area contributed by atoms with Crippen molar-refractivity contribution in [1.29, 1.82) is 0 Å². The van der Waals surface area contributed by atoms with Gasteiger partial charge in [-0.15, -0.1) is 0 Å². The van der Waals surface area contributed by atoms with E-state index in [-0.39, 0.29) is 18.1 Å². The number of carbonyl (C=O) groups is 1. The normalized spacial score (nSPS) is 10.1. The van der Waals surface area contributed by atoms with Gasteiger partial charge in [0.15, 0.2) is 0 Å². The van der Waals surface area contributed by atoms with Crippen molar-refractivity contribution in [3.05, 3.63) is 71.0 Å². The number of hydrogen-bond donors (Lipinski definition) is 2. The Morgan fingerprint density at radius 1 is 1.19 bits per heavy atom. The van der Waals surface area contributed by atoms with E-state index in [0.29, 0.717) is 17.1 Å². The van der Waals surface area contributed by atoms with Gasteiger partial charge in [-0.25, -0.2) is 4.39 Å². The molecule has 0 saturated carbocycles. The van der Waals surface area contributed by atoms with Crippen LogP contribution in [-0.4, -0.2) is 10.9 Å². The SMILES string of the molecule is NC(=S)c1cccc(CNC(=O)Cc2ccccc2F)c1. The van der Waals surface area contributed by atoms with Crippen molar-refractivity contribution in [2.75, 3.05) is 0 Å². The fourth-order valence-electron chi connectivity index (χ4n) is 1.91. The van der Waals surface area contributed by atoms with E-state index >= 15 is 0 Å². The summed E-state index contributed by atoms with van der Waals surface area (Å²) in [6, 6.07) is 13.6. The maximum absolute atomic E-state index is 13.4. The Hall–Kier alpha value is -2.27. The van der Waals surface area contributed by atoms with E-state index in [1.54, 1.807) is 18.2 Å². The summed E-state index contributed by atoms with van der Waals surface area (Å²) in [5, 5.41) is 2.75. The monoisotopic (exact) mass is 302 g/mol. The Balaban J connectivity index is 1.94. The minimum Gasteiger partial charge on any atom is -0.389 e. The van der Waals surface area contributed by atoms with E-state index in [9.17, 15) is 9.18 Å². The number of carbonyl (C=O) groups excluding carboxylic acids is 1. The first kappa shape index (κ1) is 15.1. The fraction of sp³-hybridized carbons (Fsp3) is 0.125. The maximum Gasteiger partial charge on any atom is 0.224 e. The molecular weight excluding hydrogens is 287 g/mol. The van der Waals surface area contributed by atoms with Crippen LogP contribution in [0, 0.1) is 5.82 Å². The van der Waals surface area contributed by atoms with Crippen molar-refractivity contribution >= 4 is 23.1 Å². The fourth-order valence-corrected chi connectivity index (χ4v) is 2.04. The molecule has 21 heavy (non-hydrogen) atoms. The van der Waals surface area contributed by atoms with Gasteiger partial charge < -0.3 is 11.1 Å².